The minimum Gasteiger partial charge on any atom is -0.358 e. The molecule has 0 unspecified atom stereocenters. The largest absolute Gasteiger partial charge is 0.358 e. The Morgan fingerprint density at radius 2 is 1.95 bits per heavy atom. The van der Waals surface area contributed by atoms with Gasteiger partial charge in [0.15, 0.2) is 5.11 Å². The quantitative estimate of drug-likeness (QED) is 0.578. The number of benzene rings is 1. The number of nitrogens with one attached hydrogen (secondary N) is 3. The van der Waals surface area contributed by atoms with Crippen LogP contribution in [0, 0.1) is 5.92 Å². The van der Waals surface area contributed by atoms with E-state index in [1.807, 2.05) is 0 Å². The van der Waals surface area contributed by atoms with Gasteiger partial charge in [0, 0.05) is 6.04 Å². The van der Waals surface area contributed by atoms with Gasteiger partial charge in [-0.05, 0) is 43.1 Å². The molecule has 1 aromatic carbocycles. The molecule has 1 aromatic rings. The number of hydrogen-bond donors (Lipinski definition) is 3. The van der Waals surface area contributed by atoms with E-state index < -0.39 is 0 Å². The molecule has 21 heavy (non-hydrogen) atoms. The maximum absolute atomic E-state index is 12.0. The highest BCUT2D eigenvalue weighted by Gasteiger charge is 2.21. The Balaban J connectivity index is 1.81. The van der Waals surface area contributed by atoms with E-state index in [0.717, 1.165) is 6.42 Å². The zero-order valence-electron chi connectivity index (χ0n) is 12.0. The van der Waals surface area contributed by atoms with Gasteiger partial charge < -0.3 is 5.32 Å². The van der Waals surface area contributed by atoms with Crippen LogP contribution < -0.4 is 16.2 Å². The molecule has 0 heterocycles. The lowest BCUT2D eigenvalue weighted by Crippen LogP contribution is -2.51. The first-order valence-electron chi connectivity index (χ1n) is 7.19. The van der Waals surface area contributed by atoms with Gasteiger partial charge >= 0.3 is 0 Å². The van der Waals surface area contributed by atoms with Crippen LogP contribution in [-0.2, 0) is 0 Å². The number of thiocarbonyl (C=S) groups is 1. The van der Waals surface area contributed by atoms with E-state index >= 15 is 0 Å². The van der Waals surface area contributed by atoms with Crippen molar-refractivity contribution >= 4 is 34.8 Å². The van der Waals surface area contributed by atoms with Crippen molar-refractivity contribution in [3.63, 3.8) is 0 Å². The number of carbonyl (C=O) groups is 1. The molecular formula is C15H20ClN3OS. The lowest BCUT2D eigenvalue weighted by molar-refractivity contribution is 0.0943. The Labute approximate surface area is 135 Å². The van der Waals surface area contributed by atoms with Crippen molar-refractivity contribution < 1.29 is 4.79 Å². The molecule has 0 spiro atoms. The molecule has 114 valence electrons. The van der Waals surface area contributed by atoms with Gasteiger partial charge in [0.25, 0.3) is 5.91 Å². The fraction of sp³-hybridized carbons (Fsp3) is 0.467. The van der Waals surface area contributed by atoms with Gasteiger partial charge in [-0.1, -0.05) is 43.5 Å². The Morgan fingerprint density at radius 3 is 2.67 bits per heavy atom. The first-order valence-corrected chi connectivity index (χ1v) is 7.98. The normalized spacial score (nSPS) is 21.4. The summed E-state index contributed by atoms with van der Waals surface area (Å²) < 4.78 is 0. The molecule has 0 saturated heterocycles. The minimum absolute atomic E-state index is 0.304. The summed E-state index contributed by atoms with van der Waals surface area (Å²) in [5, 5.41) is 4.12. The van der Waals surface area contributed by atoms with Crippen LogP contribution in [0.2, 0.25) is 5.02 Å². The summed E-state index contributed by atoms with van der Waals surface area (Å²) >= 11 is 11.2. The van der Waals surface area contributed by atoms with Crippen LogP contribution in [0.5, 0.6) is 0 Å². The van der Waals surface area contributed by atoms with Crippen molar-refractivity contribution in [3.05, 3.63) is 34.9 Å². The third kappa shape index (κ3) is 4.58. The summed E-state index contributed by atoms with van der Waals surface area (Å²) in [6, 6.07) is 7.26. The highest BCUT2D eigenvalue weighted by molar-refractivity contribution is 7.80. The number of hydrazine groups is 1. The Kier molecular flexibility index (Phi) is 5.82. The second kappa shape index (κ2) is 7.61. The first-order chi connectivity index (χ1) is 10.1. The molecule has 1 amide bonds. The van der Waals surface area contributed by atoms with Crippen molar-refractivity contribution in [2.45, 2.75) is 38.6 Å². The van der Waals surface area contributed by atoms with Crippen molar-refractivity contribution in [2.24, 2.45) is 5.92 Å². The average Bonchev–Trinajstić information content (AvgIpc) is 2.48. The SMILES string of the molecule is C[C@@H]1CCCC[C@@H]1NC(=S)NNC(=O)c1ccccc1Cl. The molecule has 6 heteroatoms. The summed E-state index contributed by atoms with van der Waals surface area (Å²) in [4.78, 5) is 12.0. The molecule has 1 saturated carbocycles. The van der Waals surface area contributed by atoms with E-state index in [1.165, 1.54) is 19.3 Å². The maximum atomic E-state index is 12.0. The van der Waals surface area contributed by atoms with Crippen LogP contribution in [-0.4, -0.2) is 17.1 Å². The number of amides is 1. The number of hydrogen-bond acceptors (Lipinski definition) is 2. The summed E-state index contributed by atoms with van der Waals surface area (Å²) in [5.41, 5.74) is 5.72. The third-order valence-electron chi connectivity index (χ3n) is 3.84. The molecule has 2 atom stereocenters. The molecule has 4 nitrogen and oxygen atoms in total. The lowest BCUT2D eigenvalue weighted by Gasteiger charge is -2.30. The molecule has 0 radical (unpaired) electrons. The standard InChI is InChI=1S/C15H20ClN3OS/c1-10-6-2-5-9-13(10)17-15(21)19-18-14(20)11-7-3-4-8-12(11)16/h3-4,7-8,10,13H,2,5-6,9H2,1H3,(H,18,20)(H2,17,19,21)/t10-,13+/m1/s1. The lowest BCUT2D eigenvalue weighted by atomic mass is 9.86. The highest BCUT2D eigenvalue weighted by Crippen LogP contribution is 2.23. The number of carbonyl (C=O) groups excluding carboxylic acids is 1. The van der Waals surface area contributed by atoms with Crippen LogP contribution in [0.3, 0.4) is 0 Å². The Morgan fingerprint density at radius 1 is 1.24 bits per heavy atom. The van der Waals surface area contributed by atoms with Gasteiger partial charge in [0.05, 0.1) is 10.6 Å². The summed E-state index contributed by atoms with van der Waals surface area (Å²) in [5.74, 6) is 0.291. The fourth-order valence-corrected chi connectivity index (χ4v) is 2.99. The van der Waals surface area contributed by atoms with Gasteiger partial charge in [-0.2, -0.15) is 0 Å². The Bertz CT molecular complexity index is 523. The van der Waals surface area contributed by atoms with Gasteiger partial charge in [-0.25, -0.2) is 0 Å². The van der Waals surface area contributed by atoms with Crippen molar-refractivity contribution in [1.29, 1.82) is 0 Å². The molecular weight excluding hydrogens is 306 g/mol. The molecule has 2 rings (SSSR count). The monoisotopic (exact) mass is 325 g/mol. The highest BCUT2D eigenvalue weighted by atomic mass is 35.5. The predicted molar refractivity (Wildman–Crippen MR) is 89.2 cm³/mol. The zero-order chi connectivity index (χ0) is 15.2. The fourth-order valence-electron chi connectivity index (χ4n) is 2.56. The van der Waals surface area contributed by atoms with Crippen LogP contribution in [0.15, 0.2) is 24.3 Å². The molecule has 1 fully saturated rings. The van der Waals surface area contributed by atoms with Gasteiger partial charge in [0.2, 0.25) is 0 Å². The predicted octanol–water partition coefficient (Wildman–Crippen LogP) is 3.03. The molecule has 0 aromatic heterocycles. The summed E-state index contributed by atoms with van der Waals surface area (Å²) in [7, 11) is 0. The van der Waals surface area contributed by atoms with Crippen LogP contribution in [0.1, 0.15) is 43.0 Å². The van der Waals surface area contributed by atoms with E-state index in [1.54, 1.807) is 24.3 Å². The van der Waals surface area contributed by atoms with Crippen molar-refractivity contribution in [2.75, 3.05) is 0 Å². The molecule has 1 aliphatic rings. The van der Waals surface area contributed by atoms with Gasteiger partial charge in [0.1, 0.15) is 0 Å². The van der Waals surface area contributed by atoms with Crippen LogP contribution in [0.25, 0.3) is 0 Å². The van der Waals surface area contributed by atoms with Gasteiger partial charge in [-0.15, -0.1) is 0 Å². The summed E-state index contributed by atoms with van der Waals surface area (Å²) in [6.07, 6.45) is 4.83. The average molecular weight is 326 g/mol. The van der Waals surface area contributed by atoms with Crippen molar-refractivity contribution in [3.8, 4) is 0 Å². The van der Waals surface area contributed by atoms with E-state index in [-0.39, 0.29) is 5.91 Å². The third-order valence-corrected chi connectivity index (χ3v) is 4.39. The molecule has 0 bridgehead atoms. The zero-order valence-corrected chi connectivity index (χ0v) is 13.6. The summed E-state index contributed by atoms with van der Waals surface area (Å²) in [6.45, 7) is 2.22. The van der Waals surface area contributed by atoms with Crippen LogP contribution >= 0.6 is 23.8 Å². The Hall–Kier alpha value is -1.33. The van der Waals surface area contributed by atoms with Crippen LogP contribution in [0.4, 0.5) is 0 Å². The van der Waals surface area contributed by atoms with E-state index in [4.69, 9.17) is 23.8 Å². The van der Waals surface area contributed by atoms with E-state index in [0.29, 0.717) is 27.7 Å². The van der Waals surface area contributed by atoms with Gasteiger partial charge in [-0.3, -0.25) is 15.6 Å². The topological polar surface area (TPSA) is 53.2 Å². The molecule has 3 N–H and O–H groups in total. The minimum atomic E-state index is -0.304. The number of halogens is 1. The van der Waals surface area contributed by atoms with Crippen molar-refractivity contribution in [1.82, 2.24) is 16.2 Å². The number of rotatable bonds is 2. The second-order valence-corrected chi connectivity index (χ2v) is 6.22. The molecule has 0 aliphatic heterocycles. The smallest absolute Gasteiger partial charge is 0.271 e. The molecule has 1 aliphatic carbocycles. The van der Waals surface area contributed by atoms with E-state index in [9.17, 15) is 4.79 Å². The maximum Gasteiger partial charge on any atom is 0.271 e. The van der Waals surface area contributed by atoms with E-state index in [2.05, 4.69) is 23.1 Å². The second-order valence-electron chi connectivity index (χ2n) is 5.40. The first kappa shape index (κ1) is 16.0.